The molecule has 0 amide bonds. The maximum Gasteiger partial charge on any atom is 0.131 e. The monoisotopic (exact) mass is 676 g/mol. The average Bonchev–Trinajstić information content (AvgIpc) is 3.28. The van der Waals surface area contributed by atoms with E-state index in [1.807, 2.05) is 0 Å². The Bertz CT molecular complexity index is 1800. The molecule has 0 aromatic heterocycles. The maximum absolute atomic E-state index is 7.40. The van der Waals surface area contributed by atoms with Crippen molar-refractivity contribution in [3.05, 3.63) is 168 Å². The molecular weight excluding hydrogens is 634 g/mol. The first-order chi connectivity index (χ1) is 24.1. The van der Waals surface area contributed by atoms with E-state index in [1.54, 1.807) is 0 Å². The Morgan fingerprint density at radius 2 is 0.755 bits per heavy atom. The van der Waals surface area contributed by atoms with E-state index in [4.69, 9.17) is 9.47 Å². The molecule has 0 aliphatic carbocycles. The molecule has 2 atom stereocenters. The SMILES string of the molecule is Cc1ccc2c(c1P(c1ccccc1)c1ccccc1)O[C@@H]1CCC[C@H](C2)Oc2c(ccc(C)c2P(c2ccccc2)c2ccccc2)C1. The van der Waals surface area contributed by atoms with Crippen molar-refractivity contribution in [3.8, 4) is 11.5 Å². The predicted octanol–water partition coefficient (Wildman–Crippen LogP) is 8.30. The normalized spacial score (nSPS) is 17.1. The molecule has 49 heavy (non-hydrogen) atoms. The Balaban J connectivity index is 1.27. The standard InChI is InChI=1S/C45H42O2P2/c1-32-26-28-34-30-37-17-15-16-36(46-42(34)44(32)48(38-18-7-3-8-19-38)39-20-9-4-10-21-39)31-35-29-27-33(2)45(43(35)47-37)49(40-22-11-5-12-23-40)41-24-13-6-14-25-41/h3-14,18-29,36-37H,15-17,30-31H2,1-2H3/t36-,37-/m1/s1. The fraction of sp³-hybridized carbons (Fsp3) is 0.200. The Hall–Kier alpha value is -4.22. The predicted molar refractivity (Wildman–Crippen MR) is 210 cm³/mol. The molecule has 0 radical (unpaired) electrons. The first-order valence-corrected chi connectivity index (χ1v) is 20.2. The number of hydrogen-bond donors (Lipinski definition) is 0. The lowest BCUT2D eigenvalue weighted by Crippen LogP contribution is -2.31. The third-order valence-electron chi connectivity index (χ3n) is 9.85. The molecular formula is C45H42O2P2. The summed E-state index contributed by atoms with van der Waals surface area (Å²) in [5.41, 5.74) is 5.12. The zero-order valence-corrected chi connectivity index (χ0v) is 30.0. The van der Waals surface area contributed by atoms with Crippen molar-refractivity contribution in [2.75, 3.05) is 0 Å². The number of aryl methyl sites for hydroxylation is 2. The fourth-order valence-electron chi connectivity index (χ4n) is 7.49. The van der Waals surface area contributed by atoms with Gasteiger partial charge in [-0.2, -0.15) is 0 Å². The first kappa shape index (κ1) is 32.0. The van der Waals surface area contributed by atoms with Crippen LogP contribution in [0.5, 0.6) is 11.5 Å². The largest absolute Gasteiger partial charge is 0.489 e. The second kappa shape index (κ2) is 14.3. The van der Waals surface area contributed by atoms with Crippen LogP contribution >= 0.6 is 15.8 Å². The highest BCUT2D eigenvalue weighted by atomic mass is 31.1. The number of benzene rings is 6. The van der Waals surface area contributed by atoms with Gasteiger partial charge in [0.15, 0.2) is 0 Å². The van der Waals surface area contributed by atoms with Crippen LogP contribution in [0.2, 0.25) is 0 Å². The van der Waals surface area contributed by atoms with Crippen LogP contribution in [0.15, 0.2) is 146 Å². The van der Waals surface area contributed by atoms with E-state index in [-0.39, 0.29) is 12.2 Å². The van der Waals surface area contributed by atoms with Gasteiger partial charge < -0.3 is 9.47 Å². The van der Waals surface area contributed by atoms with Crippen LogP contribution in [-0.4, -0.2) is 12.2 Å². The zero-order valence-electron chi connectivity index (χ0n) is 28.3. The number of rotatable bonds is 6. The molecule has 0 fully saturated rings. The smallest absolute Gasteiger partial charge is 0.131 e. The summed E-state index contributed by atoms with van der Waals surface area (Å²) in [5, 5.41) is 8.08. The average molecular weight is 677 g/mol. The van der Waals surface area contributed by atoms with Gasteiger partial charge in [-0.25, -0.2) is 0 Å². The maximum atomic E-state index is 7.40. The second-order valence-corrected chi connectivity index (χ2v) is 17.6. The lowest BCUT2D eigenvalue weighted by Gasteiger charge is -2.32. The van der Waals surface area contributed by atoms with Crippen LogP contribution in [0, 0.1) is 13.8 Å². The Morgan fingerprint density at radius 3 is 1.08 bits per heavy atom. The van der Waals surface area contributed by atoms with Crippen LogP contribution in [0.25, 0.3) is 0 Å². The molecule has 2 nitrogen and oxygen atoms in total. The van der Waals surface area contributed by atoms with Gasteiger partial charge in [-0.3, -0.25) is 0 Å². The highest BCUT2D eigenvalue weighted by Crippen LogP contribution is 2.44. The Kier molecular flexibility index (Phi) is 9.36. The summed E-state index contributed by atoms with van der Waals surface area (Å²) in [6.45, 7) is 4.53. The van der Waals surface area contributed by atoms with Crippen molar-refractivity contribution < 1.29 is 9.47 Å². The van der Waals surface area contributed by atoms with Crippen LogP contribution in [0.3, 0.4) is 0 Å². The summed E-state index contributed by atoms with van der Waals surface area (Å²) in [6, 6.07) is 53.4. The van der Waals surface area contributed by atoms with Gasteiger partial charge in [0.1, 0.15) is 23.7 Å². The molecule has 0 saturated heterocycles. The molecule has 0 saturated carbocycles. The summed E-state index contributed by atoms with van der Waals surface area (Å²) in [7, 11) is -1.64. The van der Waals surface area contributed by atoms with Crippen LogP contribution in [0.4, 0.5) is 0 Å². The van der Waals surface area contributed by atoms with E-state index in [1.165, 1.54) is 54.1 Å². The molecule has 244 valence electrons. The summed E-state index contributed by atoms with van der Waals surface area (Å²) in [4.78, 5) is 0. The summed E-state index contributed by atoms with van der Waals surface area (Å²) in [6.07, 6.45) is 4.85. The quantitative estimate of drug-likeness (QED) is 0.165. The molecule has 2 aliphatic heterocycles. The molecule has 6 aromatic rings. The van der Waals surface area contributed by atoms with Gasteiger partial charge in [-0.1, -0.05) is 146 Å². The topological polar surface area (TPSA) is 18.5 Å². The van der Waals surface area contributed by atoms with Crippen molar-refractivity contribution in [3.63, 3.8) is 0 Å². The molecule has 2 bridgehead atoms. The Labute approximate surface area is 293 Å². The minimum Gasteiger partial charge on any atom is -0.489 e. The number of ether oxygens (including phenoxy) is 2. The molecule has 8 rings (SSSR count). The van der Waals surface area contributed by atoms with E-state index in [0.717, 1.165) is 43.6 Å². The van der Waals surface area contributed by atoms with Crippen molar-refractivity contribution in [1.82, 2.24) is 0 Å². The molecule has 0 N–H and O–H groups in total. The zero-order chi connectivity index (χ0) is 33.2. The van der Waals surface area contributed by atoms with Gasteiger partial charge in [-0.15, -0.1) is 0 Å². The first-order valence-electron chi connectivity index (χ1n) is 17.5. The van der Waals surface area contributed by atoms with Gasteiger partial charge >= 0.3 is 0 Å². The van der Waals surface area contributed by atoms with E-state index in [0.29, 0.717) is 0 Å². The summed E-state index contributed by atoms with van der Waals surface area (Å²) >= 11 is 0. The van der Waals surface area contributed by atoms with Crippen molar-refractivity contribution in [2.24, 2.45) is 0 Å². The van der Waals surface area contributed by atoms with Gasteiger partial charge in [0.2, 0.25) is 0 Å². The lowest BCUT2D eigenvalue weighted by molar-refractivity contribution is 0.189. The molecule has 2 aliphatic rings. The summed E-state index contributed by atoms with van der Waals surface area (Å²) in [5.74, 6) is 2.18. The van der Waals surface area contributed by atoms with E-state index in [9.17, 15) is 0 Å². The van der Waals surface area contributed by atoms with Crippen LogP contribution in [-0.2, 0) is 12.8 Å². The molecule has 0 unspecified atom stereocenters. The van der Waals surface area contributed by atoms with E-state index in [2.05, 4.69) is 159 Å². The van der Waals surface area contributed by atoms with Crippen LogP contribution in [0.1, 0.15) is 41.5 Å². The van der Waals surface area contributed by atoms with Gasteiger partial charge in [0, 0.05) is 23.5 Å². The molecule has 4 heteroatoms. The highest BCUT2D eigenvalue weighted by Gasteiger charge is 2.33. The van der Waals surface area contributed by atoms with Crippen LogP contribution < -0.4 is 41.3 Å². The molecule has 2 heterocycles. The minimum atomic E-state index is -0.821. The number of fused-ring (bicyclic) bond motifs is 6. The lowest BCUT2D eigenvalue weighted by atomic mass is 10.0. The highest BCUT2D eigenvalue weighted by molar-refractivity contribution is 7.80. The second-order valence-electron chi connectivity index (χ2n) is 13.3. The Morgan fingerprint density at radius 1 is 0.429 bits per heavy atom. The minimum absolute atomic E-state index is 0.0529. The van der Waals surface area contributed by atoms with Gasteiger partial charge in [0.05, 0.1) is 0 Å². The number of hydrogen-bond acceptors (Lipinski definition) is 2. The third-order valence-corrected chi connectivity index (χ3v) is 15.1. The van der Waals surface area contributed by atoms with Crippen molar-refractivity contribution >= 4 is 47.7 Å². The van der Waals surface area contributed by atoms with Crippen molar-refractivity contribution in [2.45, 2.75) is 58.2 Å². The van der Waals surface area contributed by atoms with Gasteiger partial charge in [-0.05, 0) is 92.4 Å². The summed E-state index contributed by atoms with van der Waals surface area (Å²) < 4.78 is 14.8. The van der Waals surface area contributed by atoms with Gasteiger partial charge in [0.25, 0.3) is 0 Å². The molecule has 0 spiro atoms. The van der Waals surface area contributed by atoms with E-state index >= 15 is 0 Å². The molecule has 6 aromatic carbocycles. The fourth-order valence-corrected chi connectivity index (χ4v) is 12.7. The van der Waals surface area contributed by atoms with E-state index < -0.39 is 15.8 Å². The van der Waals surface area contributed by atoms with Crippen molar-refractivity contribution in [1.29, 1.82) is 0 Å². The third kappa shape index (κ3) is 6.58.